The lowest BCUT2D eigenvalue weighted by atomic mass is 10.3. The molecule has 0 spiro atoms. The fraction of sp³-hybridized carbons (Fsp3) is 0.100. The summed E-state index contributed by atoms with van der Waals surface area (Å²) < 4.78 is 1.53. The van der Waals surface area contributed by atoms with Crippen LogP contribution in [0.4, 0.5) is 5.69 Å². The predicted molar refractivity (Wildman–Crippen MR) is 61.4 cm³/mol. The molecule has 1 aromatic carbocycles. The van der Waals surface area contributed by atoms with Gasteiger partial charge in [0.15, 0.2) is 0 Å². The smallest absolute Gasteiger partial charge is 0.247 e. The predicted octanol–water partition coefficient (Wildman–Crippen LogP) is 2.39. The molecule has 66 valence electrons. The van der Waals surface area contributed by atoms with Gasteiger partial charge in [-0.05, 0) is 12.1 Å². The lowest BCUT2D eigenvalue weighted by molar-refractivity contribution is -0.116. The number of amides is 1. The summed E-state index contributed by atoms with van der Waals surface area (Å²) in [6, 6.07) is 9.38. The van der Waals surface area contributed by atoms with Gasteiger partial charge < -0.3 is 0 Å². The third-order valence-corrected chi connectivity index (χ3v) is 2.55. The first kappa shape index (κ1) is 10.1. The molecule has 3 heteroatoms. The highest BCUT2D eigenvalue weighted by atomic mass is 127. The Balaban J connectivity index is 2.75. The number of hydrogen-bond donors (Lipinski definition) is 0. The van der Waals surface area contributed by atoms with Crippen LogP contribution in [0.15, 0.2) is 30.3 Å². The minimum Gasteiger partial charge on any atom is -0.273 e. The topological polar surface area (TPSA) is 20.3 Å². The van der Waals surface area contributed by atoms with E-state index in [0.717, 1.165) is 5.69 Å². The van der Waals surface area contributed by atoms with E-state index in [1.807, 2.05) is 53.2 Å². The third kappa shape index (κ3) is 2.74. The number of anilines is 1. The van der Waals surface area contributed by atoms with Gasteiger partial charge in [0.1, 0.15) is 0 Å². The lowest BCUT2D eigenvalue weighted by Gasteiger charge is -2.12. The molecule has 0 aliphatic carbocycles. The Morgan fingerprint density at radius 3 is 2.62 bits per heavy atom. The van der Waals surface area contributed by atoms with Crippen LogP contribution < -0.4 is 3.11 Å². The molecule has 0 atom stereocenters. The standard InChI is InChI=1S/C10H8INO/c1-2-6-10(13)12(11)9-7-4-3-5-8-9/h1,3-5,7-8H,6H2. The molecule has 0 heterocycles. The van der Waals surface area contributed by atoms with Gasteiger partial charge in [-0.3, -0.25) is 7.91 Å². The van der Waals surface area contributed by atoms with Gasteiger partial charge in [0, 0.05) is 0 Å². The molecule has 2 nitrogen and oxygen atoms in total. The van der Waals surface area contributed by atoms with E-state index in [9.17, 15) is 4.79 Å². The van der Waals surface area contributed by atoms with Crippen LogP contribution in [0.25, 0.3) is 0 Å². The van der Waals surface area contributed by atoms with Gasteiger partial charge >= 0.3 is 0 Å². The van der Waals surface area contributed by atoms with Crippen LogP contribution in [0.5, 0.6) is 0 Å². The zero-order chi connectivity index (χ0) is 9.68. The van der Waals surface area contributed by atoms with Crippen LogP contribution in [0.3, 0.4) is 0 Å². The summed E-state index contributed by atoms with van der Waals surface area (Å²) in [4.78, 5) is 11.3. The Kier molecular flexibility index (Phi) is 3.77. The third-order valence-electron chi connectivity index (χ3n) is 1.46. The molecule has 0 saturated carbocycles. The van der Waals surface area contributed by atoms with Crippen molar-refractivity contribution in [2.24, 2.45) is 0 Å². The van der Waals surface area contributed by atoms with E-state index in [0.29, 0.717) is 0 Å². The van der Waals surface area contributed by atoms with Crippen LogP contribution >= 0.6 is 22.9 Å². The maximum atomic E-state index is 11.3. The van der Waals surface area contributed by atoms with E-state index in [1.54, 1.807) is 0 Å². The van der Waals surface area contributed by atoms with Gasteiger partial charge in [-0.2, -0.15) is 0 Å². The average molecular weight is 285 g/mol. The molecule has 0 fully saturated rings. The number of benzene rings is 1. The summed E-state index contributed by atoms with van der Waals surface area (Å²) in [5.41, 5.74) is 0.850. The van der Waals surface area contributed by atoms with Crippen molar-refractivity contribution in [2.75, 3.05) is 3.11 Å². The molecule has 0 radical (unpaired) electrons. The number of carbonyl (C=O) groups is 1. The molecule has 0 aromatic heterocycles. The number of carbonyl (C=O) groups excluding carboxylic acids is 1. The number of nitrogens with zero attached hydrogens (tertiary/aromatic N) is 1. The van der Waals surface area contributed by atoms with Crippen molar-refractivity contribution >= 4 is 34.5 Å². The molecule has 0 saturated heterocycles. The number of terminal acetylenes is 1. The highest BCUT2D eigenvalue weighted by Crippen LogP contribution is 2.18. The fourth-order valence-electron chi connectivity index (χ4n) is 0.860. The number of rotatable bonds is 2. The van der Waals surface area contributed by atoms with Gasteiger partial charge in [0.2, 0.25) is 5.91 Å². The van der Waals surface area contributed by atoms with E-state index in [1.165, 1.54) is 3.11 Å². The summed E-state index contributed by atoms with van der Waals surface area (Å²) in [7, 11) is 0. The second-order valence-electron chi connectivity index (χ2n) is 2.39. The highest BCUT2D eigenvalue weighted by Gasteiger charge is 2.09. The maximum Gasteiger partial charge on any atom is 0.247 e. The van der Waals surface area contributed by atoms with Crippen molar-refractivity contribution in [1.82, 2.24) is 0 Å². The monoisotopic (exact) mass is 285 g/mol. The second-order valence-corrected chi connectivity index (χ2v) is 3.36. The molecule has 0 unspecified atom stereocenters. The number of hydrogen-bond acceptors (Lipinski definition) is 1. The first-order valence-electron chi connectivity index (χ1n) is 3.73. The molecular weight excluding hydrogens is 277 g/mol. The lowest BCUT2D eigenvalue weighted by Crippen LogP contribution is -2.18. The quantitative estimate of drug-likeness (QED) is 0.464. The molecule has 0 aliphatic rings. The van der Waals surface area contributed by atoms with E-state index in [2.05, 4.69) is 5.92 Å². The summed E-state index contributed by atoms with van der Waals surface area (Å²) in [6.07, 6.45) is 5.18. The molecule has 1 amide bonds. The van der Waals surface area contributed by atoms with Crippen molar-refractivity contribution in [3.63, 3.8) is 0 Å². The number of halogens is 1. The number of para-hydroxylation sites is 1. The van der Waals surface area contributed by atoms with Gasteiger partial charge in [0.25, 0.3) is 0 Å². The average Bonchev–Trinajstić information content (AvgIpc) is 2.18. The summed E-state index contributed by atoms with van der Waals surface area (Å²) in [5, 5.41) is 0. The largest absolute Gasteiger partial charge is 0.273 e. The Hall–Kier alpha value is -1.02. The van der Waals surface area contributed by atoms with Crippen LogP contribution in [-0.2, 0) is 4.79 Å². The van der Waals surface area contributed by atoms with Gasteiger partial charge in [0.05, 0.1) is 35.0 Å². The highest BCUT2D eigenvalue weighted by molar-refractivity contribution is 14.1. The van der Waals surface area contributed by atoms with Crippen molar-refractivity contribution < 1.29 is 4.79 Å². The van der Waals surface area contributed by atoms with E-state index < -0.39 is 0 Å². The fourth-order valence-corrected chi connectivity index (χ4v) is 1.35. The van der Waals surface area contributed by atoms with Crippen molar-refractivity contribution in [2.45, 2.75) is 6.42 Å². The van der Waals surface area contributed by atoms with E-state index >= 15 is 0 Å². The Bertz CT molecular complexity index is 329. The van der Waals surface area contributed by atoms with Gasteiger partial charge in [-0.1, -0.05) is 24.1 Å². The Morgan fingerprint density at radius 1 is 1.46 bits per heavy atom. The summed E-state index contributed by atoms with van der Waals surface area (Å²) >= 11 is 1.95. The van der Waals surface area contributed by atoms with Crippen molar-refractivity contribution in [1.29, 1.82) is 0 Å². The zero-order valence-corrected chi connectivity index (χ0v) is 9.06. The normalized spacial score (nSPS) is 8.92. The SMILES string of the molecule is C#CCC(=O)N(I)c1ccccc1. The van der Waals surface area contributed by atoms with Crippen LogP contribution in [-0.4, -0.2) is 5.91 Å². The molecule has 0 bridgehead atoms. The minimum absolute atomic E-state index is 0.0747. The second kappa shape index (κ2) is 4.87. The van der Waals surface area contributed by atoms with E-state index in [-0.39, 0.29) is 12.3 Å². The molecule has 1 rings (SSSR count). The maximum absolute atomic E-state index is 11.3. The molecular formula is C10H8INO. The van der Waals surface area contributed by atoms with E-state index in [4.69, 9.17) is 6.42 Å². The van der Waals surface area contributed by atoms with Crippen LogP contribution in [0.1, 0.15) is 6.42 Å². The zero-order valence-electron chi connectivity index (χ0n) is 6.90. The van der Waals surface area contributed by atoms with Gasteiger partial charge in [-0.25, -0.2) is 0 Å². The summed E-state index contributed by atoms with van der Waals surface area (Å²) in [5.74, 6) is 2.25. The Morgan fingerprint density at radius 2 is 2.08 bits per heavy atom. The van der Waals surface area contributed by atoms with Crippen molar-refractivity contribution in [3.8, 4) is 12.3 Å². The van der Waals surface area contributed by atoms with Gasteiger partial charge in [-0.15, -0.1) is 6.42 Å². The van der Waals surface area contributed by atoms with Crippen molar-refractivity contribution in [3.05, 3.63) is 30.3 Å². The molecule has 0 aliphatic heterocycles. The Labute approximate surface area is 91.4 Å². The minimum atomic E-state index is -0.0747. The molecule has 1 aromatic rings. The first-order valence-corrected chi connectivity index (χ1v) is 4.69. The summed E-state index contributed by atoms with van der Waals surface area (Å²) in [6.45, 7) is 0. The van der Waals surface area contributed by atoms with Crippen LogP contribution in [0, 0.1) is 12.3 Å². The molecule has 0 N–H and O–H groups in total. The van der Waals surface area contributed by atoms with Crippen LogP contribution in [0.2, 0.25) is 0 Å². The molecule has 13 heavy (non-hydrogen) atoms. The first-order chi connectivity index (χ1) is 6.25.